The van der Waals surface area contributed by atoms with Gasteiger partial charge < -0.3 is 0 Å². The molecule has 0 spiro atoms. The molecule has 6 heavy (non-hydrogen) atoms. The van der Waals surface area contributed by atoms with Crippen LogP contribution in [0, 0.1) is 0 Å². The van der Waals surface area contributed by atoms with Gasteiger partial charge in [0.25, 0.3) is 6.08 Å². The summed E-state index contributed by atoms with van der Waals surface area (Å²) in [5, 5.41) is 0. The Morgan fingerprint density at radius 3 is 1.50 bits per heavy atom. The average molecular weight is 112 g/mol. The normalized spacial score (nSPS) is 5.83. The molecule has 0 aromatic carbocycles. The molecule has 0 aromatic rings. The molecule has 0 amide bonds. The summed E-state index contributed by atoms with van der Waals surface area (Å²) in [6.07, 6.45) is -3.04. The van der Waals surface area contributed by atoms with E-state index in [4.69, 9.17) is 0 Å². The smallest absolute Gasteiger partial charge is 0.210 e. The monoisotopic (exact) mass is 112 g/mol. The van der Waals surface area contributed by atoms with E-state index in [1.807, 2.05) is 0 Å². The second-order valence-electron chi connectivity index (χ2n) is 0.399. The van der Waals surface area contributed by atoms with Gasteiger partial charge in [-0.3, -0.25) is 0 Å². The molecule has 0 fully saturated rings. The van der Waals surface area contributed by atoms with Crippen LogP contribution in [0.3, 0.4) is 0 Å². The van der Waals surface area contributed by atoms with E-state index in [2.05, 4.69) is 0 Å². The maximum Gasteiger partial charge on any atom is 0.298 e. The van der Waals surface area contributed by atoms with Crippen molar-refractivity contribution < 1.29 is 13.2 Å². The van der Waals surface area contributed by atoms with E-state index in [9.17, 15) is 13.2 Å². The molecule has 0 radical (unpaired) electrons. The minimum Gasteiger partial charge on any atom is -0.210 e. The molecule has 0 aliphatic rings. The fourth-order valence-corrected chi connectivity index (χ4v) is 0. The van der Waals surface area contributed by atoms with E-state index in [1.54, 1.807) is 0 Å². The van der Waals surface area contributed by atoms with Crippen LogP contribution in [0.25, 0.3) is 0 Å². The van der Waals surface area contributed by atoms with Crippen molar-refractivity contribution in [1.82, 2.24) is 0 Å². The van der Waals surface area contributed by atoms with Gasteiger partial charge in [0, 0.05) is 0 Å². The minimum absolute atomic E-state index is 0. The van der Waals surface area contributed by atoms with Crippen molar-refractivity contribution in [2.24, 2.45) is 0 Å². The lowest BCUT2D eigenvalue weighted by Crippen LogP contribution is -1.42. The van der Waals surface area contributed by atoms with Crippen LogP contribution in [0.2, 0.25) is 0 Å². The predicted octanol–water partition coefficient (Wildman–Crippen LogP) is 0.510. The summed E-state index contributed by atoms with van der Waals surface area (Å²) < 4.78 is 30.7. The molecule has 0 atom stereocenters. The van der Waals surface area contributed by atoms with Crippen molar-refractivity contribution in [3.8, 4) is 0 Å². The summed E-state index contributed by atoms with van der Waals surface area (Å²) in [6.45, 7) is 0. The van der Waals surface area contributed by atoms with Gasteiger partial charge in [0.15, 0.2) is 23.7 Å². The molecule has 0 unspecified atom stereocenters. The summed E-state index contributed by atoms with van der Waals surface area (Å²) in [4.78, 5) is 0. The van der Waals surface area contributed by atoms with Crippen molar-refractivity contribution in [2.45, 2.75) is 0 Å². The van der Waals surface area contributed by atoms with Gasteiger partial charge in [-0.25, -0.2) is 4.39 Å². The van der Waals surface area contributed by atoms with E-state index < -0.39 is 12.4 Å². The first-order valence-corrected chi connectivity index (χ1v) is 0.885. The van der Waals surface area contributed by atoms with Crippen LogP contribution in [-0.4, -0.2) is 17.4 Å². The van der Waals surface area contributed by atoms with Gasteiger partial charge in [0.2, 0.25) is 0 Å². The maximum absolute atomic E-state index is 10.2. The molecule has 4 heteroatoms. The van der Waals surface area contributed by atoms with Crippen molar-refractivity contribution in [1.29, 1.82) is 0 Å². The quantitative estimate of drug-likeness (QED) is 0.400. The summed E-state index contributed by atoms with van der Waals surface area (Å²) in [5.74, 6) is 0. The molecule has 0 N–H and O–H groups in total. The molecule has 0 nitrogen and oxygen atoms in total. The molecule has 0 bridgehead atoms. The standard InChI is InChI=1S/C2HF3.Al.3H/c3-1-2(4)5;;;;/h1H;;;;. The van der Waals surface area contributed by atoms with Gasteiger partial charge in [0.1, 0.15) is 0 Å². The first-order valence-electron chi connectivity index (χ1n) is 0.885. The fourth-order valence-electron chi connectivity index (χ4n) is 0. The van der Waals surface area contributed by atoms with Gasteiger partial charge in [0.05, 0.1) is 0 Å². The molecular weight excluding hydrogens is 108 g/mol. The Hall–Kier alpha value is 0.0625. The maximum atomic E-state index is 10.2. The number of rotatable bonds is 0. The molecule has 0 aromatic heterocycles. The first kappa shape index (κ1) is 9.41. The second-order valence-corrected chi connectivity index (χ2v) is 0.399. The lowest BCUT2D eigenvalue weighted by molar-refractivity contribution is 0.400. The van der Waals surface area contributed by atoms with Gasteiger partial charge in [-0.1, -0.05) is 0 Å². The molecule has 36 valence electrons. The third kappa shape index (κ3) is 8.96. The molecule has 0 saturated heterocycles. The van der Waals surface area contributed by atoms with E-state index in [0.29, 0.717) is 0 Å². The largest absolute Gasteiger partial charge is 0.298 e. The first-order chi connectivity index (χ1) is 2.27. The Morgan fingerprint density at radius 2 is 1.50 bits per heavy atom. The third-order valence-electron chi connectivity index (χ3n) is 0.0825. The van der Waals surface area contributed by atoms with Crippen LogP contribution in [-0.2, 0) is 0 Å². The van der Waals surface area contributed by atoms with Crippen molar-refractivity contribution in [2.75, 3.05) is 0 Å². The topological polar surface area (TPSA) is 0 Å². The highest BCUT2D eigenvalue weighted by Crippen LogP contribution is 1.93. The highest BCUT2D eigenvalue weighted by atomic mass is 27.0. The van der Waals surface area contributed by atoms with Crippen LogP contribution >= 0.6 is 0 Å². The predicted molar refractivity (Wildman–Crippen MR) is 21.3 cm³/mol. The molecule has 0 aliphatic carbocycles. The zero-order valence-corrected chi connectivity index (χ0v) is 2.21. The molecule has 0 heterocycles. The van der Waals surface area contributed by atoms with Crippen LogP contribution in [0.15, 0.2) is 12.4 Å². The summed E-state index contributed by atoms with van der Waals surface area (Å²) in [5.41, 5.74) is 0. The van der Waals surface area contributed by atoms with E-state index in [1.165, 1.54) is 0 Å². The van der Waals surface area contributed by atoms with Gasteiger partial charge >= 0.3 is 0 Å². The summed E-state index contributed by atoms with van der Waals surface area (Å²) in [6, 6.07) is 0. The van der Waals surface area contributed by atoms with E-state index in [-0.39, 0.29) is 17.4 Å². The average Bonchev–Trinajstić information content (AvgIpc) is 1.38. The van der Waals surface area contributed by atoms with Crippen LogP contribution < -0.4 is 0 Å². The number of hydrogen-bond acceptors (Lipinski definition) is 0. The summed E-state index contributed by atoms with van der Waals surface area (Å²) in [7, 11) is 0. The van der Waals surface area contributed by atoms with E-state index in [0.717, 1.165) is 0 Å². The van der Waals surface area contributed by atoms with Gasteiger partial charge in [-0.2, -0.15) is 8.78 Å². The Labute approximate surface area is 43.8 Å². The Balaban J connectivity index is 0. The summed E-state index contributed by atoms with van der Waals surface area (Å²) >= 11 is 0. The van der Waals surface area contributed by atoms with Crippen LogP contribution in [0.1, 0.15) is 0 Å². The Bertz CT molecular complexity index is 46.8. The molecule has 0 aliphatic heterocycles. The zero-order valence-electron chi connectivity index (χ0n) is 2.21. The van der Waals surface area contributed by atoms with Gasteiger partial charge in [-0.15, -0.1) is 0 Å². The van der Waals surface area contributed by atoms with E-state index >= 15 is 0 Å². The van der Waals surface area contributed by atoms with Crippen molar-refractivity contribution >= 4 is 17.4 Å². The van der Waals surface area contributed by atoms with Crippen LogP contribution in [0.4, 0.5) is 13.2 Å². The third-order valence-corrected chi connectivity index (χ3v) is 0.0825. The highest BCUT2D eigenvalue weighted by molar-refractivity contribution is 5.75. The Morgan fingerprint density at radius 1 is 1.33 bits per heavy atom. The second kappa shape index (κ2) is 5.06. The lowest BCUT2D eigenvalue weighted by Gasteiger charge is -1.59. The SMILES string of the molecule is FC=C(F)F.[AlH3]. The molecule has 0 saturated carbocycles. The molecule has 0 rings (SSSR count). The highest BCUT2D eigenvalue weighted by Gasteiger charge is 1.78. The van der Waals surface area contributed by atoms with Crippen molar-refractivity contribution in [3.63, 3.8) is 0 Å². The Kier molecular flexibility index (Phi) is 7.94. The van der Waals surface area contributed by atoms with Gasteiger partial charge in [-0.05, 0) is 0 Å². The number of hydrogen-bond donors (Lipinski definition) is 0. The zero-order chi connectivity index (χ0) is 4.28. The number of halogens is 3. The fraction of sp³-hybridized carbons (Fsp3) is 0. The van der Waals surface area contributed by atoms with Crippen molar-refractivity contribution in [3.05, 3.63) is 12.4 Å². The lowest BCUT2D eigenvalue weighted by atomic mass is 11.1. The minimum atomic E-state index is -2.29. The van der Waals surface area contributed by atoms with Crippen LogP contribution in [0.5, 0.6) is 0 Å². The molecular formula is C2H4AlF3.